The lowest BCUT2D eigenvalue weighted by molar-refractivity contribution is -0.277. The molecule has 9 heteroatoms. The molecule has 0 bridgehead atoms. The van der Waals surface area contributed by atoms with E-state index in [1.807, 2.05) is 19.9 Å². The van der Waals surface area contributed by atoms with Gasteiger partial charge in [0.05, 0.1) is 13.2 Å². The fourth-order valence-electron chi connectivity index (χ4n) is 3.32. The third-order valence-corrected chi connectivity index (χ3v) is 5.46. The molecule has 6 atom stereocenters. The summed E-state index contributed by atoms with van der Waals surface area (Å²) in [5.41, 5.74) is 1.46. The standard InChI is InChI=1S/C21H32O9/c1-10(8-22)5-4-6-11(2)13-7-14(24)12(3)16(25)20(13)30-21-19(28)18(27)17(26)15(9-23)29-21/h5,7,11,15,17-19,21-28H,4,6,8-9H2,1-3H3/b10-5+/t11?,15-,17-,18+,19-,21+/m1/s1. The predicted octanol–water partition coefficient (Wildman–Crippen LogP) is 0.407. The van der Waals surface area contributed by atoms with Gasteiger partial charge in [-0.2, -0.15) is 0 Å². The van der Waals surface area contributed by atoms with Crippen molar-refractivity contribution in [1.29, 1.82) is 0 Å². The SMILES string of the molecule is C/C(=C\CCC(C)c1cc(O)c(C)c(O)c1O[C@@H]1O[C@H](CO)[C@@H](O)[C@H](O)[C@H]1O)CO. The number of benzene rings is 1. The summed E-state index contributed by atoms with van der Waals surface area (Å²) in [6.07, 6.45) is -4.24. The molecule has 7 N–H and O–H groups in total. The summed E-state index contributed by atoms with van der Waals surface area (Å²) in [7, 11) is 0. The van der Waals surface area contributed by atoms with Crippen molar-refractivity contribution in [3.05, 3.63) is 28.8 Å². The van der Waals surface area contributed by atoms with Gasteiger partial charge in [0.1, 0.15) is 30.2 Å². The van der Waals surface area contributed by atoms with Crippen LogP contribution >= 0.6 is 0 Å². The van der Waals surface area contributed by atoms with E-state index in [0.29, 0.717) is 18.4 Å². The van der Waals surface area contributed by atoms with Gasteiger partial charge in [-0.3, -0.25) is 0 Å². The van der Waals surface area contributed by atoms with Crippen molar-refractivity contribution in [1.82, 2.24) is 0 Å². The van der Waals surface area contributed by atoms with Gasteiger partial charge in [0.2, 0.25) is 6.29 Å². The molecule has 0 amide bonds. The van der Waals surface area contributed by atoms with Crippen molar-refractivity contribution in [2.24, 2.45) is 0 Å². The van der Waals surface area contributed by atoms with Crippen LogP contribution in [0.25, 0.3) is 0 Å². The van der Waals surface area contributed by atoms with Crippen molar-refractivity contribution < 1.29 is 45.2 Å². The van der Waals surface area contributed by atoms with Crippen LogP contribution in [0.4, 0.5) is 0 Å². The second-order valence-electron chi connectivity index (χ2n) is 7.79. The molecule has 30 heavy (non-hydrogen) atoms. The van der Waals surface area contributed by atoms with Gasteiger partial charge in [-0.15, -0.1) is 0 Å². The van der Waals surface area contributed by atoms with Gasteiger partial charge >= 0.3 is 0 Å². The van der Waals surface area contributed by atoms with Crippen molar-refractivity contribution in [3.8, 4) is 17.2 Å². The number of phenolic OH excluding ortho intramolecular Hbond substituents is 2. The molecule has 1 heterocycles. The van der Waals surface area contributed by atoms with Crippen LogP contribution in [-0.2, 0) is 4.74 Å². The number of aromatic hydroxyl groups is 2. The van der Waals surface area contributed by atoms with E-state index in [-0.39, 0.29) is 35.3 Å². The van der Waals surface area contributed by atoms with Gasteiger partial charge in [-0.05, 0) is 38.7 Å². The molecule has 0 aliphatic carbocycles. The third-order valence-electron chi connectivity index (χ3n) is 5.46. The highest BCUT2D eigenvalue weighted by Gasteiger charge is 2.45. The maximum Gasteiger partial charge on any atom is 0.229 e. The molecule has 1 fully saturated rings. The number of hydrogen-bond acceptors (Lipinski definition) is 9. The maximum atomic E-state index is 10.6. The number of hydrogen-bond donors (Lipinski definition) is 7. The number of aliphatic hydroxyl groups excluding tert-OH is 5. The lowest BCUT2D eigenvalue weighted by Crippen LogP contribution is -2.60. The van der Waals surface area contributed by atoms with Gasteiger partial charge in [-0.25, -0.2) is 0 Å². The Morgan fingerprint density at radius 1 is 1.17 bits per heavy atom. The summed E-state index contributed by atoms with van der Waals surface area (Å²) in [5.74, 6) is -0.677. The Balaban J connectivity index is 2.33. The minimum Gasteiger partial charge on any atom is -0.508 e. The first kappa shape index (κ1) is 24.4. The van der Waals surface area contributed by atoms with Crippen LogP contribution in [0.15, 0.2) is 17.7 Å². The normalized spacial score (nSPS) is 28.4. The molecule has 1 aliphatic heterocycles. The zero-order valence-corrected chi connectivity index (χ0v) is 17.4. The lowest BCUT2D eigenvalue weighted by Gasteiger charge is -2.40. The smallest absolute Gasteiger partial charge is 0.229 e. The van der Waals surface area contributed by atoms with Crippen LogP contribution in [0.5, 0.6) is 17.2 Å². The molecule has 1 saturated heterocycles. The fourth-order valence-corrected chi connectivity index (χ4v) is 3.32. The summed E-state index contributed by atoms with van der Waals surface area (Å²) in [6.45, 7) is 4.53. The first-order chi connectivity index (χ1) is 14.1. The Morgan fingerprint density at radius 2 is 1.83 bits per heavy atom. The Labute approximate surface area is 175 Å². The molecule has 0 radical (unpaired) electrons. The largest absolute Gasteiger partial charge is 0.508 e. The van der Waals surface area contributed by atoms with E-state index in [2.05, 4.69) is 0 Å². The first-order valence-corrected chi connectivity index (χ1v) is 9.91. The predicted molar refractivity (Wildman–Crippen MR) is 107 cm³/mol. The molecule has 2 rings (SSSR count). The zero-order valence-electron chi connectivity index (χ0n) is 17.4. The minimum atomic E-state index is -1.63. The van der Waals surface area contributed by atoms with Gasteiger partial charge in [0.25, 0.3) is 0 Å². The Hall–Kier alpha value is -1.88. The van der Waals surface area contributed by atoms with Crippen LogP contribution in [0.1, 0.15) is 43.7 Å². The minimum absolute atomic E-state index is 0.0232. The summed E-state index contributed by atoms with van der Waals surface area (Å²) < 4.78 is 11.1. The zero-order chi connectivity index (χ0) is 22.6. The van der Waals surface area contributed by atoms with Crippen molar-refractivity contribution in [2.45, 2.75) is 70.2 Å². The van der Waals surface area contributed by atoms with Crippen LogP contribution in [-0.4, -0.2) is 79.7 Å². The average molecular weight is 428 g/mol. The maximum absolute atomic E-state index is 10.6. The van der Waals surface area contributed by atoms with Crippen molar-refractivity contribution in [2.75, 3.05) is 13.2 Å². The van der Waals surface area contributed by atoms with E-state index < -0.39 is 37.3 Å². The van der Waals surface area contributed by atoms with Gasteiger partial charge < -0.3 is 45.2 Å². The van der Waals surface area contributed by atoms with E-state index in [9.17, 15) is 30.6 Å². The second kappa shape index (κ2) is 10.4. The number of aliphatic hydroxyl groups is 5. The van der Waals surface area contributed by atoms with Crippen molar-refractivity contribution >= 4 is 0 Å². The Bertz CT molecular complexity index is 746. The van der Waals surface area contributed by atoms with E-state index in [1.54, 1.807) is 0 Å². The second-order valence-corrected chi connectivity index (χ2v) is 7.79. The number of ether oxygens (including phenoxy) is 2. The van der Waals surface area contributed by atoms with Crippen LogP contribution < -0.4 is 4.74 Å². The average Bonchev–Trinajstić information content (AvgIpc) is 2.73. The van der Waals surface area contributed by atoms with Gasteiger partial charge in [-0.1, -0.05) is 18.6 Å². The molecule has 1 unspecified atom stereocenters. The molecule has 1 aromatic rings. The summed E-state index contributed by atoms with van der Waals surface area (Å²) >= 11 is 0. The first-order valence-electron chi connectivity index (χ1n) is 9.91. The van der Waals surface area contributed by atoms with Crippen molar-refractivity contribution in [3.63, 3.8) is 0 Å². The topological polar surface area (TPSA) is 160 Å². The molecule has 170 valence electrons. The van der Waals surface area contributed by atoms with E-state index >= 15 is 0 Å². The summed E-state index contributed by atoms with van der Waals surface area (Å²) in [4.78, 5) is 0. The van der Waals surface area contributed by atoms with Gasteiger partial charge in [0, 0.05) is 11.1 Å². The molecular formula is C21H32O9. The molecule has 0 spiro atoms. The molecule has 9 nitrogen and oxygen atoms in total. The Morgan fingerprint density at radius 3 is 2.43 bits per heavy atom. The van der Waals surface area contributed by atoms with Crippen LogP contribution in [0.3, 0.4) is 0 Å². The summed E-state index contributed by atoms with van der Waals surface area (Å²) in [5, 5.41) is 69.4. The Kier molecular flexibility index (Phi) is 8.48. The highest BCUT2D eigenvalue weighted by molar-refractivity contribution is 5.57. The third kappa shape index (κ3) is 5.23. The molecule has 0 aromatic heterocycles. The lowest BCUT2D eigenvalue weighted by atomic mass is 9.92. The highest BCUT2D eigenvalue weighted by Crippen LogP contribution is 2.44. The summed E-state index contributed by atoms with van der Waals surface area (Å²) in [6, 6.07) is 1.46. The van der Waals surface area contributed by atoms with E-state index in [0.717, 1.165) is 5.57 Å². The number of rotatable bonds is 8. The number of allylic oxidation sites excluding steroid dienone is 1. The fraction of sp³-hybridized carbons (Fsp3) is 0.619. The molecule has 0 saturated carbocycles. The monoisotopic (exact) mass is 428 g/mol. The van der Waals surface area contributed by atoms with E-state index in [1.165, 1.54) is 13.0 Å². The quantitative estimate of drug-likeness (QED) is 0.291. The highest BCUT2D eigenvalue weighted by atomic mass is 16.7. The molecule has 1 aromatic carbocycles. The number of phenols is 2. The molecular weight excluding hydrogens is 396 g/mol. The van der Waals surface area contributed by atoms with Gasteiger partial charge in [0.15, 0.2) is 11.5 Å². The molecule has 1 aliphatic rings. The van der Waals surface area contributed by atoms with Crippen LogP contribution in [0.2, 0.25) is 0 Å². The van der Waals surface area contributed by atoms with E-state index in [4.69, 9.17) is 14.6 Å². The van der Waals surface area contributed by atoms with Crippen LogP contribution in [0, 0.1) is 6.92 Å².